The third-order valence-corrected chi connectivity index (χ3v) is 15.2. The van der Waals surface area contributed by atoms with Gasteiger partial charge >= 0.3 is 0 Å². The zero-order chi connectivity index (χ0) is 47.0. The minimum Gasteiger partial charge on any atom is -0.398 e. The topological polar surface area (TPSA) is 26.0 Å². The molecule has 68 heavy (non-hydrogen) atoms. The average Bonchev–Trinajstić information content (AvgIpc) is 3.95. The van der Waals surface area contributed by atoms with Gasteiger partial charge in [0.15, 0.2) is 0 Å². The number of rotatable bonds is 12. The highest BCUT2D eigenvalue weighted by molar-refractivity contribution is 7.26. The molecule has 0 bridgehead atoms. The lowest BCUT2D eigenvalue weighted by Gasteiger charge is -2.19. The van der Waals surface area contributed by atoms with Crippen molar-refractivity contribution >= 4 is 68.7 Å². The molecule has 0 amide bonds. The van der Waals surface area contributed by atoms with Crippen LogP contribution in [0.2, 0.25) is 0 Å². The summed E-state index contributed by atoms with van der Waals surface area (Å²) in [5.41, 5.74) is 22.3. The second kappa shape index (κ2) is 21.3. The van der Waals surface area contributed by atoms with Gasteiger partial charge in [0.1, 0.15) is 0 Å². The van der Waals surface area contributed by atoms with E-state index in [1.165, 1.54) is 109 Å². The zero-order valence-electron chi connectivity index (χ0n) is 39.8. The SMILES string of the molecule is CCCC.CC\C=C/C=C\C=C\C(/C=C(\N)c1ccc(-c2ccc(C)c(-c3ccccc3C)c2)cc1)c1cc(-c2ccc3sc4ccccc4c3c2)ccc1-c1ccc2sc3ccccc3c2c1. The Morgan fingerprint density at radius 2 is 0.985 bits per heavy atom. The molecule has 0 saturated heterocycles. The third kappa shape index (κ3) is 9.97. The summed E-state index contributed by atoms with van der Waals surface area (Å²) in [6, 6.07) is 62.5. The number of allylic oxidation sites excluding steroid dienone is 7. The molecule has 3 heteroatoms. The molecule has 0 radical (unpaired) electrons. The molecule has 0 aliphatic carbocycles. The van der Waals surface area contributed by atoms with E-state index in [9.17, 15) is 0 Å². The maximum Gasteiger partial charge on any atom is 0.0356 e. The minimum atomic E-state index is -0.135. The van der Waals surface area contributed by atoms with Crippen LogP contribution < -0.4 is 5.73 Å². The van der Waals surface area contributed by atoms with E-state index in [0.717, 1.165) is 23.2 Å². The van der Waals surface area contributed by atoms with Crippen LogP contribution in [0.1, 0.15) is 68.2 Å². The Labute approximate surface area is 411 Å². The first-order valence-electron chi connectivity index (χ1n) is 24.1. The first-order chi connectivity index (χ1) is 33.3. The van der Waals surface area contributed by atoms with Crippen LogP contribution in [-0.4, -0.2) is 0 Å². The summed E-state index contributed by atoms with van der Waals surface area (Å²) in [6.07, 6.45) is 18.8. The van der Waals surface area contributed by atoms with Gasteiger partial charge in [-0.1, -0.05) is 191 Å². The minimum absolute atomic E-state index is 0.135. The second-order valence-corrected chi connectivity index (χ2v) is 19.8. The maximum atomic E-state index is 7.19. The molecule has 0 fully saturated rings. The lowest BCUT2D eigenvalue weighted by molar-refractivity contribution is 0.886. The van der Waals surface area contributed by atoms with E-state index in [1.54, 1.807) is 0 Å². The predicted octanol–water partition coefficient (Wildman–Crippen LogP) is 19.7. The van der Waals surface area contributed by atoms with E-state index in [0.29, 0.717) is 0 Å². The molecule has 1 nitrogen and oxygen atoms in total. The van der Waals surface area contributed by atoms with E-state index in [-0.39, 0.29) is 5.92 Å². The lowest BCUT2D eigenvalue weighted by Crippen LogP contribution is -2.03. The number of hydrogen-bond acceptors (Lipinski definition) is 3. The highest BCUT2D eigenvalue weighted by Crippen LogP contribution is 2.42. The van der Waals surface area contributed by atoms with E-state index in [1.807, 2.05) is 22.7 Å². The summed E-state index contributed by atoms with van der Waals surface area (Å²) >= 11 is 3.71. The number of thiophene rings is 2. The summed E-state index contributed by atoms with van der Waals surface area (Å²) in [7, 11) is 0. The molecule has 1 unspecified atom stereocenters. The van der Waals surface area contributed by atoms with Crippen LogP contribution in [0.3, 0.4) is 0 Å². The van der Waals surface area contributed by atoms with Gasteiger partial charge in [-0.2, -0.15) is 0 Å². The molecule has 2 N–H and O–H groups in total. The van der Waals surface area contributed by atoms with Gasteiger partial charge in [-0.15, -0.1) is 22.7 Å². The summed E-state index contributed by atoms with van der Waals surface area (Å²) in [4.78, 5) is 0. The Morgan fingerprint density at radius 1 is 0.456 bits per heavy atom. The van der Waals surface area contributed by atoms with E-state index in [4.69, 9.17) is 5.73 Å². The van der Waals surface area contributed by atoms with Crippen molar-refractivity contribution in [2.24, 2.45) is 5.73 Å². The normalized spacial score (nSPS) is 12.6. The molecule has 8 aromatic carbocycles. The van der Waals surface area contributed by atoms with Crippen molar-refractivity contribution in [1.82, 2.24) is 0 Å². The lowest BCUT2D eigenvalue weighted by atomic mass is 9.86. The maximum absolute atomic E-state index is 7.19. The van der Waals surface area contributed by atoms with Crippen molar-refractivity contribution < 1.29 is 0 Å². The van der Waals surface area contributed by atoms with E-state index < -0.39 is 0 Å². The van der Waals surface area contributed by atoms with Gasteiger partial charge in [-0.25, -0.2) is 0 Å². The molecule has 336 valence electrons. The van der Waals surface area contributed by atoms with Crippen LogP contribution in [0.4, 0.5) is 0 Å². The summed E-state index contributed by atoms with van der Waals surface area (Å²) in [6.45, 7) is 10.9. The first-order valence-corrected chi connectivity index (χ1v) is 25.7. The summed E-state index contributed by atoms with van der Waals surface area (Å²) in [5, 5.41) is 5.18. The Hall–Kier alpha value is -7.04. The number of unbranched alkanes of at least 4 members (excludes halogenated alkanes) is 1. The molecular weight excluding hydrogens is 859 g/mol. The molecule has 0 aliphatic rings. The van der Waals surface area contributed by atoms with Crippen LogP contribution in [-0.2, 0) is 0 Å². The number of fused-ring (bicyclic) bond motifs is 6. The van der Waals surface area contributed by atoms with Crippen molar-refractivity contribution in [3.05, 3.63) is 235 Å². The number of aryl methyl sites for hydroxylation is 2. The zero-order valence-corrected chi connectivity index (χ0v) is 41.4. The van der Waals surface area contributed by atoms with Gasteiger partial charge in [0.25, 0.3) is 0 Å². The van der Waals surface area contributed by atoms with Crippen LogP contribution >= 0.6 is 22.7 Å². The fraction of sp³-hybridized carbons (Fsp3) is 0.138. The highest BCUT2D eigenvalue weighted by Gasteiger charge is 2.18. The largest absolute Gasteiger partial charge is 0.398 e. The third-order valence-electron chi connectivity index (χ3n) is 12.9. The predicted molar refractivity (Wildman–Crippen MR) is 303 cm³/mol. The van der Waals surface area contributed by atoms with Crippen molar-refractivity contribution in [2.75, 3.05) is 0 Å². The Morgan fingerprint density at radius 3 is 1.66 bits per heavy atom. The molecule has 2 aromatic heterocycles. The van der Waals surface area contributed by atoms with Gasteiger partial charge < -0.3 is 5.73 Å². The number of benzene rings is 8. The molecule has 1 atom stereocenters. The number of hydrogen-bond donors (Lipinski definition) is 1. The fourth-order valence-corrected chi connectivity index (χ4v) is 11.1. The van der Waals surface area contributed by atoms with Crippen molar-refractivity contribution in [3.8, 4) is 44.5 Å². The summed E-state index contributed by atoms with van der Waals surface area (Å²) in [5.74, 6) is -0.135. The molecule has 10 rings (SSSR count). The van der Waals surface area contributed by atoms with Crippen molar-refractivity contribution in [3.63, 3.8) is 0 Å². The van der Waals surface area contributed by atoms with Crippen LogP contribution in [0, 0.1) is 13.8 Å². The molecule has 2 heterocycles. The van der Waals surface area contributed by atoms with Crippen LogP contribution in [0.25, 0.3) is 90.5 Å². The monoisotopic (exact) mass is 917 g/mol. The molecule has 0 saturated carbocycles. The molecule has 0 spiro atoms. The Balaban J connectivity index is 0.00000139. The van der Waals surface area contributed by atoms with Crippen molar-refractivity contribution in [2.45, 2.75) is 59.8 Å². The average molecular weight is 918 g/mol. The highest BCUT2D eigenvalue weighted by atomic mass is 32.1. The van der Waals surface area contributed by atoms with Crippen LogP contribution in [0.5, 0.6) is 0 Å². The van der Waals surface area contributed by atoms with Gasteiger partial charge in [0.05, 0.1) is 0 Å². The van der Waals surface area contributed by atoms with Gasteiger partial charge in [0, 0.05) is 52.0 Å². The number of nitrogens with two attached hydrogens (primary N) is 1. The molecule has 10 aromatic rings. The van der Waals surface area contributed by atoms with E-state index >= 15 is 0 Å². The quantitative estimate of drug-likeness (QED) is 0.121. The van der Waals surface area contributed by atoms with Crippen LogP contribution in [0.15, 0.2) is 212 Å². The Bertz CT molecular complexity index is 3500. The molecular formula is C65H59NS2. The summed E-state index contributed by atoms with van der Waals surface area (Å²) < 4.78 is 5.22. The van der Waals surface area contributed by atoms with Gasteiger partial charge in [-0.05, 0) is 142 Å². The van der Waals surface area contributed by atoms with E-state index in [2.05, 4.69) is 247 Å². The smallest absolute Gasteiger partial charge is 0.0356 e. The van der Waals surface area contributed by atoms with Gasteiger partial charge in [-0.3, -0.25) is 0 Å². The second-order valence-electron chi connectivity index (χ2n) is 17.6. The molecule has 0 aliphatic heterocycles. The Kier molecular flexibility index (Phi) is 14.4. The fourth-order valence-electron chi connectivity index (χ4n) is 8.97. The standard InChI is InChI=1S/C61H49NS2.C4H10/c1-4-5-6-7-8-9-17-47(39-57(62)43-27-25-42(26-28-43)44-24-23-41(3)53(35-44)49-18-11-10-16-40(49)2)54-36-45(46-30-33-60-55(37-46)51-19-12-14-21-58(51)63-60)29-32-50(54)48-31-34-61-56(38-48)52-20-13-15-22-59(52)64-61;1-3-4-2/h5-39,47H,4,62H2,1-3H3;3-4H2,1-2H3/b6-5-,8-7-,17-9+,57-39-;. The first kappa shape index (κ1) is 46.1. The van der Waals surface area contributed by atoms with Crippen molar-refractivity contribution in [1.29, 1.82) is 0 Å². The van der Waals surface area contributed by atoms with Gasteiger partial charge in [0.2, 0.25) is 0 Å².